The fraction of sp³-hybridized carbons (Fsp3) is 0.308. The van der Waals surface area contributed by atoms with Crippen LogP contribution in [0, 0.1) is 6.92 Å². The number of hydrogen-bond donors (Lipinski definition) is 1. The zero-order valence-corrected chi connectivity index (χ0v) is 21.0. The molecule has 8 heteroatoms. The van der Waals surface area contributed by atoms with E-state index in [4.69, 9.17) is 17.0 Å². The number of nitrogens with one attached hydrogen (secondary N) is 1. The summed E-state index contributed by atoms with van der Waals surface area (Å²) in [5.74, 6) is -0.664. The highest BCUT2D eigenvalue weighted by atomic mass is 32.2. The van der Waals surface area contributed by atoms with Crippen LogP contribution in [0.3, 0.4) is 0 Å². The van der Waals surface area contributed by atoms with E-state index in [2.05, 4.69) is 5.32 Å². The molecule has 1 saturated heterocycles. The second-order valence-corrected chi connectivity index (χ2v) is 9.64. The van der Waals surface area contributed by atoms with Gasteiger partial charge in [0.2, 0.25) is 5.91 Å². The van der Waals surface area contributed by atoms with Crippen molar-refractivity contribution in [3.8, 4) is 0 Å². The van der Waals surface area contributed by atoms with Gasteiger partial charge in [-0.15, -0.1) is 0 Å². The molecule has 2 aromatic rings. The van der Waals surface area contributed by atoms with Crippen molar-refractivity contribution in [3.63, 3.8) is 0 Å². The van der Waals surface area contributed by atoms with Gasteiger partial charge in [0.25, 0.3) is 5.91 Å². The third kappa shape index (κ3) is 7.27. The van der Waals surface area contributed by atoms with Gasteiger partial charge in [-0.3, -0.25) is 14.5 Å². The Morgan fingerprint density at radius 2 is 1.79 bits per heavy atom. The number of ether oxygens (including phenoxy) is 1. The minimum Gasteiger partial charge on any atom is -0.462 e. The van der Waals surface area contributed by atoms with E-state index in [1.54, 1.807) is 29.2 Å². The summed E-state index contributed by atoms with van der Waals surface area (Å²) in [7, 11) is 0. The highest BCUT2D eigenvalue weighted by Gasteiger charge is 2.31. The molecule has 2 amide bonds. The average molecular weight is 497 g/mol. The Hall–Kier alpha value is -2.97. The van der Waals surface area contributed by atoms with E-state index < -0.39 is 0 Å². The summed E-state index contributed by atoms with van der Waals surface area (Å²) in [6.45, 7) is 4.83. The van der Waals surface area contributed by atoms with Crippen molar-refractivity contribution in [1.82, 2.24) is 4.90 Å². The van der Waals surface area contributed by atoms with Gasteiger partial charge in [0.05, 0.1) is 17.1 Å². The van der Waals surface area contributed by atoms with E-state index in [1.807, 2.05) is 44.2 Å². The number of nitrogens with zero attached hydrogens (tertiary/aromatic N) is 1. The van der Waals surface area contributed by atoms with Crippen LogP contribution < -0.4 is 5.32 Å². The van der Waals surface area contributed by atoms with E-state index >= 15 is 0 Å². The number of aryl methyl sites for hydroxylation is 1. The summed E-state index contributed by atoms with van der Waals surface area (Å²) in [5.41, 5.74) is 3.15. The first-order valence-electron chi connectivity index (χ1n) is 11.3. The number of carbonyl (C=O) groups excluding carboxylic acids is 3. The first-order chi connectivity index (χ1) is 16.4. The molecule has 34 heavy (non-hydrogen) atoms. The molecular weight excluding hydrogens is 468 g/mol. The molecule has 1 heterocycles. The van der Waals surface area contributed by atoms with Gasteiger partial charge < -0.3 is 10.1 Å². The fourth-order valence-corrected chi connectivity index (χ4v) is 4.52. The van der Waals surface area contributed by atoms with Crippen molar-refractivity contribution in [2.24, 2.45) is 0 Å². The predicted octanol–water partition coefficient (Wildman–Crippen LogP) is 5.57. The maximum absolute atomic E-state index is 12.7. The molecule has 0 aliphatic carbocycles. The number of thiocarbonyl (C=S) groups is 1. The Morgan fingerprint density at radius 3 is 2.47 bits per heavy atom. The zero-order valence-electron chi connectivity index (χ0n) is 19.3. The topological polar surface area (TPSA) is 75.7 Å². The number of amides is 2. The van der Waals surface area contributed by atoms with Crippen molar-refractivity contribution in [3.05, 3.63) is 70.1 Å². The van der Waals surface area contributed by atoms with E-state index in [0.29, 0.717) is 40.0 Å². The lowest BCUT2D eigenvalue weighted by molar-refractivity contribution is -0.122. The van der Waals surface area contributed by atoms with Crippen LogP contribution in [-0.4, -0.2) is 40.2 Å². The summed E-state index contributed by atoms with van der Waals surface area (Å²) in [6, 6.07) is 14.5. The molecule has 3 rings (SSSR count). The van der Waals surface area contributed by atoms with Crippen LogP contribution in [0.25, 0.3) is 6.08 Å². The lowest BCUT2D eigenvalue weighted by Crippen LogP contribution is -2.29. The van der Waals surface area contributed by atoms with Gasteiger partial charge >= 0.3 is 5.97 Å². The number of esters is 1. The van der Waals surface area contributed by atoms with Crippen molar-refractivity contribution in [2.75, 3.05) is 18.5 Å². The molecule has 1 aliphatic rings. The molecule has 1 aliphatic heterocycles. The van der Waals surface area contributed by atoms with Gasteiger partial charge in [0, 0.05) is 18.7 Å². The third-order valence-corrected chi connectivity index (χ3v) is 6.55. The quantitative estimate of drug-likeness (QED) is 0.201. The zero-order chi connectivity index (χ0) is 24.5. The summed E-state index contributed by atoms with van der Waals surface area (Å²) < 4.78 is 5.68. The van der Waals surface area contributed by atoms with Crippen molar-refractivity contribution >= 4 is 57.8 Å². The molecule has 0 aromatic heterocycles. The summed E-state index contributed by atoms with van der Waals surface area (Å²) in [4.78, 5) is 39.1. The minimum atomic E-state index is -0.369. The lowest BCUT2D eigenvalue weighted by atomic mass is 10.1. The Morgan fingerprint density at radius 1 is 1.09 bits per heavy atom. The molecule has 0 atom stereocenters. The Balaban J connectivity index is 1.45. The monoisotopic (exact) mass is 496 g/mol. The van der Waals surface area contributed by atoms with E-state index in [-0.39, 0.29) is 24.2 Å². The lowest BCUT2D eigenvalue weighted by Gasteiger charge is -2.14. The van der Waals surface area contributed by atoms with Crippen molar-refractivity contribution in [1.29, 1.82) is 0 Å². The van der Waals surface area contributed by atoms with Crippen LogP contribution in [0.4, 0.5) is 5.69 Å². The molecule has 1 N–H and O–H groups in total. The summed E-state index contributed by atoms with van der Waals surface area (Å²) >= 11 is 6.65. The highest BCUT2D eigenvalue weighted by Crippen LogP contribution is 2.32. The van der Waals surface area contributed by atoms with Crippen LogP contribution in [0.2, 0.25) is 0 Å². The normalized spacial score (nSPS) is 14.5. The van der Waals surface area contributed by atoms with Gasteiger partial charge in [0.15, 0.2) is 0 Å². The Kier molecular flexibility index (Phi) is 9.42. The molecule has 0 radical (unpaired) electrons. The first-order valence-corrected chi connectivity index (χ1v) is 12.5. The van der Waals surface area contributed by atoms with Gasteiger partial charge in [-0.25, -0.2) is 4.79 Å². The number of unbranched alkanes of at least 4 members (excludes halogenated alkanes) is 1. The number of benzene rings is 2. The molecule has 0 spiro atoms. The fourth-order valence-electron chi connectivity index (χ4n) is 3.21. The molecule has 2 aromatic carbocycles. The Labute approximate surface area is 209 Å². The molecule has 6 nitrogen and oxygen atoms in total. The van der Waals surface area contributed by atoms with E-state index in [0.717, 1.165) is 24.0 Å². The van der Waals surface area contributed by atoms with Crippen molar-refractivity contribution in [2.45, 2.75) is 39.5 Å². The Bertz CT molecular complexity index is 1080. The maximum Gasteiger partial charge on any atom is 0.338 e. The van der Waals surface area contributed by atoms with E-state index in [1.165, 1.54) is 11.8 Å². The average Bonchev–Trinajstić information content (AvgIpc) is 3.08. The van der Waals surface area contributed by atoms with Crippen LogP contribution in [0.15, 0.2) is 53.4 Å². The smallest absolute Gasteiger partial charge is 0.338 e. The predicted molar refractivity (Wildman–Crippen MR) is 141 cm³/mol. The molecule has 1 fully saturated rings. The number of thioether (sulfide) groups is 1. The molecule has 0 saturated carbocycles. The molecule has 0 bridgehead atoms. The van der Waals surface area contributed by atoms with Crippen LogP contribution in [0.5, 0.6) is 0 Å². The van der Waals surface area contributed by atoms with Gasteiger partial charge in [-0.1, -0.05) is 67.2 Å². The van der Waals surface area contributed by atoms with E-state index in [9.17, 15) is 14.4 Å². The van der Waals surface area contributed by atoms with Gasteiger partial charge in [-0.2, -0.15) is 0 Å². The minimum absolute atomic E-state index is 0.127. The maximum atomic E-state index is 12.7. The second kappa shape index (κ2) is 12.5. The summed E-state index contributed by atoms with van der Waals surface area (Å²) in [5, 5.41) is 2.81. The summed E-state index contributed by atoms with van der Waals surface area (Å²) in [6.07, 6.45) is 4.36. The highest BCUT2D eigenvalue weighted by molar-refractivity contribution is 8.26. The number of hydrogen-bond acceptors (Lipinski definition) is 6. The van der Waals surface area contributed by atoms with Gasteiger partial charge in [0.1, 0.15) is 4.32 Å². The van der Waals surface area contributed by atoms with Gasteiger partial charge in [-0.05, 0) is 55.7 Å². The van der Waals surface area contributed by atoms with Crippen molar-refractivity contribution < 1.29 is 19.1 Å². The first kappa shape index (κ1) is 25.6. The standard InChI is InChI=1S/C26H28N2O4S2/c1-3-4-16-32-25(31)20-11-13-21(14-12-20)27-23(29)6-5-15-28-24(30)22(34-26(28)33)17-19-9-7-18(2)8-10-19/h7-14,17H,3-6,15-16H2,1-2H3,(H,27,29). The third-order valence-electron chi connectivity index (χ3n) is 5.17. The van der Waals surface area contributed by atoms with Crippen LogP contribution >= 0.6 is 24.0 Å². The molecular formula is C26H28N2O4S2. The molecule has 178 valence electrons. The SMILES string of the molecule is CCCCOC(=O)c1ccc(NC(=O)CCCN2C(=O)C(=Cc3ccc(C)cc3)SC2=S)cc1. The molecule has 0 unspecified atom stereocenters. The number of anilines is 1. The second-order valence-electron chi connectivity index (χ2n) is 7.96. The van der Waals surface area contributed by atoms with Crippen LogP contribution in [-0.2, 0) is 14.3 Å². The number of rotatable bonds is 10. The number of carbonyl (C=O) groups is 3. The largest absolute Gasteiger partial charge is 0.462 e. The van der Waals surface area contributed by atoms with Crippen LogP contribution in [0.1, 0.15) is 54.1 Å².